The van der Waals surface area contributed by atoms with Gasteiger partial charge in [-0.05, 0) is 45.5 Å². The van der Waals surface area contributed by atoms with Crippen LogP contribution in [-0.4, -0.2) is 10.8 Å². The van der Waals surface area contributed by atoms with E-state index in [9.17, 15) is 4.79 Å². The van der Waals surface area contributed by atoms with E-state index in [0.29, 0.717) is 12.8 Å². The van der Waals surface area contributed by atoms with E-state index in [-0.39, 0.29) is 5.78 Å². The number of ketones is 1. The fourth-order valence-electron chi connectivity index (χ4n) is 3.13. The summed E-state index contributed by atoms with van der Waals surface area (Å²) < 4.78 is 0. The molecule has 0 aliphatic heterocycles. The molecule has 0 radical (unpaired) electrons. The molecular formula is C22H17NOS. The van der Waals surface area contributed by atoms with E-state index in [2.05, 4.69) is 23.2 Å². The quantitative estimate of drug-likeness (QED) is 0.491. The second-order valence-corrected chi connectivity index (χ2v) is 6.94. The molecular weight excluding hydrogens is 326 g/mol. The van der Waals surface area contributed by atoms with Crippen LogP contribution in [0.5, 0.6) is 0 Å². The molecule has 0 spiro atoms. The summed E-state index contributed by atoms with van der Waals surface area (Å²) >= 11 is 1.64. The fraction of sp³-hybridized carbons (Fsp3) is 0.0909. The van der Waals surface area contributed by atoms with E-state index in [1.165, 1.54) is 5.39 Å². The lowest BCUT2D eigenvalue weighted by atomic mass is 9.98. The molecule has 3 heteroatoms. The molecule has 0 amide bonds. The molecule has 0 unspecified atom stereocenters. The Kier molecular flexibility index (Phi) is 4.40. The molecule has 4 rings (SSSR count). The van der Waals surface area contributed by atoms with Crippen molar-refractivity contribution in [2.24, 2.45) is 0 Å². The van der Waals surface area contributed by atoms with Gasteiger partial charge in [-0.15, -0.1) is 11.3 Å². The van der Waals surface area contributed by atoms with Gasteiger partial charge in [-0.2, -0.15) is 0 Å². The van der Waals surface area contributed by atoms with Crippen LogP contribution >= 0.6 is 11.3 Å². The van der Waals surface area contributed by atoms with Crippen molar-refractivity contribution >= 4 is 27.9 Å². The van der Waals surface area contributed by atoms with Crippen LogP contribution in [0.4, 0.5) is 0 Å². The van der Waals surface area contributed by atoms with Gasteiger partial charge in [0, 0.05) is 19.0 Å². The summed E-state index contributed by atoms with van der Waals surface area (Å²) in [4.78, 5) is 18.2. The smallest absolute Gasteiger partial charge is 0.141 e. The number of hydrogen-bond donors (Lipinski definition) is 0. The number of fused-ring (bicyclic) bond motifs is 1. The maximum absolute atomic E-state index is 12.7. The second-order valence-electron chi connectivity index (χ2n) is 6.02. The summed E-state index contributed by atoms with van der Waals surface area (Å²) in [5.41, 5.74) is 3.09. The minimum Gasteiger partial charge on any atom is -0.299 e. The zero-order valence-electron chi connectivity index (χ0n) is 13.7. The zero-order chi connectivity index (χ0) is 17.1. The Balaban J connectivity index is 1.57. The highest BCUT2D eigenvalue weighted by atomic mass is 32.1. The van der Waals surface area contributed by atoms with E-state index in [1.807, 2.05) is 53.9 Å². The summed E-state index contributed by atoms with van der Waals surface area (Å²) in [6.07, 6.45) is 2.69. The van der Waals surface area contributed by atoms with Crippen LogP contribution in [0.1, 0.15) is 11.1 Å². The Morgan fingerprint density at radius 3 is 2.52 bits per heavy atom. The Morgan fingerprint density at radius 2 is 1.64 bits per heavy atom. The van der Waals surface area contributed by atoms with Crippen molar-refractivity contribution in [2.75, 3.05) is 0 Å². The largest absolute Gasteiger partial charge is 0.299 e. The van der Waals surface area contributed by atoms with E-state index >= 15 is 0 Å². The van der Waals surface area contributed by atoms with Gasteiger partial charge in [0.1, 0.15) is 5.78 Å². The molecule has 0 atom stereocenters. The maximum atomic E-state index is 12.7. The first kappa shape index (κ1) is 15.7. The average Bonchev–Trinajstić information content (AvgIpc) is 3.11. The number of aromatic nitrogens is 1. The van der Waals surface area contributed by atoms with Gasteiger partial charge in [0.2, 0.25) is 0 Å². The van der Waals surface area contributed by atoms with Crippen molar-refractivity contribution < 1.29 is 4.79 Å². The van der Waals surface area contributed by atoms with E-state index in [0.717, 1.165) is 27.1 Å². The Bertz CT molecular complexity index is 1020. The number of Topliss-reactive ketones (excluding diaryl/α,β-unsaturated/α-hetero) is 1. The van der Waals surface area contributed by atoms with Crippen molar-refractivity contribution in [2.45, 2.75) is 12.8 Å². The minimum atomic E-state index is 0.229. The predicted octanol–water partition coefficient (Wildman–Crippen LogP) is 5.32. The topological polar surface area (TPSA) is 30.0 Å². The van der Waals surface area contributed by atoms with Gasteiger partial charge >= 0.3 is 0 Å². The third kappa shape index (κ3) is 3.37. The van der Waals surface area contributed by atoms with Crippen LogP contribution in [-0.2, 0) is 17.6 Å². The van der Waals surface area contributed by atoms with E-state index in [1.54, 1.807) is 17.5 Å². The fourth-order valence-corrected chi connectivity index (χ4v) is 4.03. The molecule has 0 saturated carbocycles. The van der Waals surface area contributed by atoms with Crippen LogP contribution < -0.4 is 0 Å². The number of hydrogen-bond acceptors (Lipinski definition) is 3. The summed E-state index contributed by atoms with van der Waals surface area (Å²) in [6, 6.07) is 22.3. The highest BCUT2D eigenvalue weighted by Gasteiger charge is 2.13. The first-order valence-electron chi connectivity index (χ1n) is 8.27. The van der Waals surface area contributed by atoms with Crippen molar-refractivity contribution in [3.05, 3.63) is 89.4 Å². The van der Waals surface area contributed by atoms with Gasteiger partial charge in [-0.3, -0.25) is 9.78 Å². The van der Waals surface area contributed by atoms with E-state index in [4.69, 9.17) is 0 Å². The van der Waals surface area contributed by atoms with Gasteiger partial charge in [-0.25, -0.2) is 0 Å². The van der Waals surface area contributed by atoms with Gasteiger partial charge < -0.3 is 0 Å². The molecule has 0 bridgehead atoms. The molecule has 25 heavy (non-hydrogen) atoms. The van der Waals surface area contributed by atoms with Gasteiger partial charge in [0.15, 0.2) is 0 Å². The normalized spacial score (nSPS) is 10.9. The lowest BCUT2D eigenvalue weighted by Crippen LogP contribution is -2.07. The number of pyridine rings is 1. The standard InChI is InChI=1S/C22H17NOS/c24-19(14-17-8-5-7-16-6-1-2-9-20(16)17)15-18-11-13-25-22(18)21-10-3-4-12-23-21/h1-13H,14-15H2. The van der Waals surface area contributed by atoms with Crippen LogP contribution in [0.25, 0.3) is 21.3 Å². The lowest BCUT2D eigenvalue weighted by Gasteiger charge is -2.07. The number of benzene rings is 2. The van der Waals surface area contributed by atoms with Gasteiger partial charge in [0.05, 0.1) is 10.6 Å². The molecule has 122 valence electrons. The molecule has 2 aromatic heterocycles. The van der Waals surface area contributed by atoms with Crippen LogP contribution in [0, 0.1) is 0 Å². The SMILES string of the molecule is O=C(Cc1ccsc1-c1ccccn1)Cc1cccc2ccccc12. The van der Waals surface area contributed by atoms with Crippen molar-refractivity contribution in [3.63, 3.8) is 0 Å². The first-order chi connectivity index (χ1) is 12.3. The highest BCUT2D eigenvalue weighted by molar-refractivity contribution is 7.13. The number of thiophene rings is 1. The van der Waals surface area contributed by atoms with E-state index < -0.39 is 0 Å². The first-order valence-corrected chi connectivity index (χ1v) is 9.15. The number of rotatable bonds is 5. The van der Waals surface area contributed by atoms with Crippen LogP contribution in [0.3, 0.4) is 0 Å². The molecule has 0 saturated heterocycles. The second kappa shape index (κ2) is 6.99. The third-order valence-electron chi connectivity index (χ3n) is 4.30. The summed E-state index contributed by atoms with van der Waals surface area (Å²) in [6.45, 7) is 0. The number of carbonyl (C=O) groups excluding carboxylic acids is 1. The highest BCUT2D eigenvalue weighted by Crippen LogP contribution is 2.29. The molecule has 2 heterocycles. The Labute approximate surface area is 150 Å². The van der Waals surface area contributed by atoms with Gasteiger partial charge in [-0.1, -0.05) is 48.5 Å². The molecule has 0 aliphatic rings. The number of carbonyl (C=O) groups is 1. The summed E-state index contributed by atoms with van der Waals surface area (Å²) in [7, 11) is 0. The van der Waals surface area contributed by atoms with Crippen molar-refractivity contribution in [1.29, 1.82) is 0 Å². The number of nitrogens with zero attached hydrogens (tertiary/aromatic N) is 1. The van der Waals surface area contributed by atoms with Crippen LogP contribution in [0.2, 0.25) is 0 Å². The zero-order valence-corrected chi connectivity index (χ0v) is 14.5. The summed E-state index contributed by atoms with van der Waals surface area (Å²) in [5.74, 6) is 0.229. The average molecular weight is 343 g/mol. The van der Waals surface area contributed by atoms with Crippen molar-refractivity contribution in [3.8, 4) is 10.6 Å². The molecule has 2 nitrogen and oxygen atoms in total. The van der Waals surface area contributed by atoms with Crippen LogP contribution in [0.15, 0.2) is 78.3 Å². The third-order valence-corrected chi connectivity index (χ3v) is 5.28. The Morgan fingerprint density at radius 1 is 0.840 bits per heavy atom. The van der Waals surface area contributed by atoms with Crippen molar-refractivity contribution in [1.82, 2.24) is 4.98 Å². The molecule has 0 N–H and O–H groups in total. The molecule has 0 aliphatic carbocycles. The predicted molar refractivity (Wildman–Crippen MR) is 104 cm³/mol. The lowest BCUT2D eigenvalue weighted by molar-refractivity contribution is -0.117. The van der Waals surface area contributed by atoms with Gasteiger partial charge in [0.25, 0.3) is 0 Å². The monoisotopic (exact) mass is 343 g/mol. The molecule has 4 aromatic rings. The molecule has 2 aromatic carbocycles. The Hall–Kier alpha value is -2.78. The minimum absolute atomic E-state index is 0.229. The summed E-state index contributed by atoms with van der Waals surface area (Å²) in [5, 5.41) is 4.37. The molecule has 0 fully saturated rings. The maximum Gasteiger partial charge on any atom is 0.141 e.